The van der Waals surface area contributed by atoms with E-state index in [-0.39, 0.29) is 0 Å². The molecule has 0 saturated carbocycles. The zero-order valence-electron chi connectivity index (χ0n) is 12.8. The fraction of sp³-hybridized carbons (Fsp3) is 0.467. The number of hydrogen-bond donors (Lipinski definition) is 0. The maximum Gasteiger partial charge on any atom is 0.251 e. The summed E-state index contributed by atoms with van der Waals surface area (Å²) in [7, 11) is 4.77. The van der Waals surface area contributed by atoms with E-state index >= 15 is 0 Å². The summed E-state index contributed by atoms with van der Waals surface area (Å²) in [6, 6.07) is 5.48. The van der Waals surface area contributed by atoms with Gasteiger partial charge < -0.3 is 23.4 Å². The van der Waals surface area contributed by atoms with Gasteiger partial charge in [0.25, 0.3) is 11.8 Å². The lowest BCUT2D eigenvalue weighted by molar-refractivity contribution is -0.0407. The normalized spacial score (nSPS) is 21.0. The van der Waals surface area contributed by atoms with Gasteiger partial charge in [-0.15, -0.1) is 10.2 Å². The quantitative estimate of drug-likeness (QED) is 0.836. The molecule has 2 heterocycles. The number of rotatable bonds is 5. The van der Waals surface area contributed by atoms with E-state index < -0.39 is 5.60 Å². The second kappa shape index (κ2) is 5.94. The molecule has 1 unspecified atom stereocenters. The molecule has 0 spiro atoms. The lowest BCUT2D eigenvalue weighted by atomic mass is 10.0. The summed E-state index contributed by atoms with van der Waals surface area (Å²) in [5, 5.41) is 8.25. The standard InChI is InChI=1S/C15H18N2O5/c1-18-11-6-4-5-10(12(11)19-2)13-16-17-14(22-13)15(20-3)7-8-21-9-15/h4-6H,7-9H2,1-3H3. The summed E-state index contributed by atoms with van der Waals surface area (Å²) in [5.41, 5.74) is 0.00271. The van der Waals surface area contributed by atoms with E-state index in [1.54, 1.807) is 27.4 Å². The Labute approximate surface area is 128 Å². The molecule has 1 aromatic heterocycles. The second-order valence-corrected chi connectivity index (χ2v) is 4.95. The van der Waals surface area contributed by atoms with E-state index in [0.29, 0.717) is 48.5 Å². The van der Waals surface area contributed by atoms with Gasteiger partial charge >= 0.3 is 0 Å². The first-order chi connectivity index (χ1) is 10.7. The Kier molecular flexibility index (Phi) is 4.00. The third kappa shape index (κ3) is 2.32. The topological polar surface area (TPSA) is 75.8 Å². The molecule has 0 amide bonds. The molecule has 1 aromatic carbocycles. The Balaban J connectivity index is 2.01. The van der Waals surface area contributed by atoms with E-state index in [1.807, 2.05) is 12.1 Å². The van der Waals surface area contributed by atoms with Crippen molar-refractivity contribution in [2.45, 2.75) is 12.0 Å². The Morgan fingerprint density at radius 2 is 2.00 bits per heavy atom. The smallest absolute Gasteiger partial charge is 0.251 e. The molecule has 22 heavy (non-hydrogen) atoms. The molecule has 7 heteroatoms. The third-order valence-electron chi connectivity index (χ3n) is 3.82. The molecular formula is C15H18N2O5. The van der Waals surface area contributed by atoms with Crippen LogP contribution in [0.2, 0.25) is 0 Å². The first kappa shape index (κ1) is 14.8. The van der Waals surface area contributed by atoms with Crippen molar-refractivity contribution in [1.82, 2.24) is 10.2 Å². The highest BCUT2D eigenvalue weighted by atomic mass is 16.6. The highest BCUT2D eigenvalue weighted by Crippen LogP contribution is 2.39. The number of hydrogen-bond acceptors (Lipinski definition) is 7. The highest BCUT2D eigenvalue weighted by molar-refractivity contribution is 5.67. The Bertz CT molecular complexity index is 649. The van der Waals surface area contributed by atoms with Crippen LogP contribution in [0.1, 0.15) is 12.3 Å². The fourth-order valence-electron chi connectivity index (χ4n) is 2.53. The van der Waals surface area contributed by atoms with Crippen LogP contribution in [0.25, 0.3) is 11.5 Å². The lowest BCUT2D eigenvalue weighted by Crippen LogP contribution is -2.29. The molecule has 0 bridgehead atoms. The van der Waals surface area contributed by atoms with E-state index in [4.69, 9.17) is 23.4 Å². The summed E-state index contributed by atoms with van der Waals surface area (Å²) >= 11 is 0. The molecule has 3 rings (SSSR count). The number of para-hydroxylation sites is 1. The van der Waals surface area contributed by atoms with Gasteiger partial charge in [-0.2, -0.15) is 0 Å². The van der Waals surface area contributed by atoms with Gasteiger partial charge in [0.2, 0.25) is 0 Å². The summed E-state index contributed by atoms with van der Waals surface area (Å²) in [6.45, 7) is 1.01. The SMILES string of the molecule is COc1cccc(-c2nnc(C3(OC)CCOC3)o2)c1OC. The minimum Gasteiger partial charge on any atom is -0.493 e. The second-order valence-electron chi connectivity index (χ2n) is 4.95. The van der Waals surface area contributed by atoms with Gasteiger partial charge in [0.1, 0.15) is 0 Å². The van der Waals surface area contributed by atoms with Gasteiger partial charge in [-0.1, -0.05) is 6.07 Å². The van der Waals surface area contributed by atoms with Crippen molar-refractivity contribution in [3.8, 4) is 23.0 Å². The van der Waals surface area contributed by atoms with Crippen LogP contribution in [0.3, 0.4) is 0 Å². The van der Waals surface area contributed by atoms with Gasteiger partial charge in [-0.3, -0.25) is 0 Å². The molecule has 1 atom stereocenters. The van der Waals surface area contributed by atoms with Crippen molar-refractivity contribution in [2.75, 3.05) is 34.5 Å². The first-order valence-corrected chi connectivity index (χ1v) is 6.92. The van der Waals surface area contributed by atoms with Crippen molar-refractivity contribution in [3.05, 3.63) is 24.1 Å². The van der Waals surface area contributed by atoms with E-state index in [0.717, 1.165) is 0 Å². The molecule has 0 radical (unpaired) electrons. The zero-order valence-corrected chi connectivity index (χ0v) is 12.8. The van der Waals surface area contributed by atoms with Crippen molar-refractivity contribution in [1.29, 1.82) is 0 Å². The van der Waals surface area contributed by atoms with Crippen LogP contribution in [0.5, 0.6) is 11.5 Å². The number of nitrogens with zero attached hydrogens (tertiary/aromatic N) is 2. The number of aromatic nitrogens is 2. The molecule has 1 aliphatic heterocycles. The monoisotopic (exact) mass is 306 g/mol. The average molecular weight is 306 g/mol. The summed E-state index contributed by atoms with van der Waals surface area (Å²) < 4.78 is 27.5. The van der Waals surface area contributed by atoms with Crippen LogP contribution in [0, 0.1) is 0 Å². The van der Waals surface area contributed by atoms with Gasteiger partial charge in [-0.05, 0) is 12.1 Å². The van der Waals surface area contributed by atoms with Crippen molar-refractivity contribution >= 4 is 0 Å². The maximum atomic E-state index is 5.83. The van der Waals surface area contributed by atoms with E-state index in [2.05, 4.69) is 10.2 Å². The number of benzene rings is 1. The molecule has 2 aromatic rings. The number of methoxy groups -OCH3 is 3. The maximum absolute atomic E-state index is 5.83. The van der Waals surface area contributed by atoms with Crippen LogP contribution >= 0.6 is 0 Å². The summed E-state index contributed by atoms with van der Waals surface area (Å²) in [6.07, 6.45) is 0.681. The molecule has 1 aliphatic rings. The number of ether oxygens (including phenoxy) is 4. The molecule has 7 nitrogen and oxygen atoms in total. The fourth-order valence-corrected chi connectivity index (χ4v) is 2.53. The van der Waals surface area contributed by atoms with Crippen LogP contribution in [-0.2, 0) is 15.1 Å². The molecule has 0 aliphatic carbocycles. The minimum absolute atomic E-state index is 0.356. The predicted octanol–water partition coefficient (Wildman–Crippen LogP) is 2.02. The molecule has 0 N–H and O–H groups in total. The van der Waals surface area contributed by atoms with Crippen LogP contribution in [0.4, 0.5) is 0 Å². The van der Waals surface area contributed by atoms with Gasteiger partial charge in [0.15, 0.2) is 17.1 Å². The molecule has 1 fully saturated rings. The molecule has 1 saturated heterocycles. The first-order valence-electron chi connectivity index (χ1n) is 6.92. The molecular weight excluding hydrogens is 288 g/mol. The highest BCUT2D eigenvalue weighted by Gasteiger charge is 2.42. The predicted molar refractivity (Wildman–Crippen MR) is 77.0 cm³/mol. The van der Waals surface area contributed by atoms with Gasteiger partial charge in [0, 0.05) is 13.5 Å². The van der Waals surface area contributed by atoms with Gasteiger partial charge in [-0.25, -0.2) is 0 Å². The van der Waals surface area contributed by atoms with Crippen LogP contribution in [0.15, 0.2) is 22.6 Å². The largest absolute Gasteiger partial charge is 0.493 e. The Morgan fingerprint density at radius 3 is 2.64 bits per heavy atom. The van der Waals surface area contributed by atoms with Crippen molar-refractivity contribution in [3.63, 3.8) is 0 Å². The summed E-state index contributed by atoms with van der Waals surface area (Å²) in [5.74, 6) is 1.92. The molecule has 118 valence electrons. The van der Waals surface area contributed by atoms with Crippen molar-refractivity contribution in [2.24, 2.45) is 0 Å². The van der Waals surface area contributed by atoms with Crippen LogP contribution < -0.4 is 9.47 Å². The average Bonchev–Trinajstić information content (AvgIpc) is 3.23. The van der Waals surface area contributed by atoms with E-state index in [1.165, 1.54) is 0 Å². The van der Waals surface area contributed by atoms with Gasteiger partial charge in [0.05, 0.1) is 33.0 Å². The zero-order chi connectivity index (χ0) is 15.6. The minimum atomic E-state index is -0.669. The Morgan fingerprint density at radius 1 is 1.14 bits per heavy atom. The van der Waals surface area contributed by atoms with E-state index in [9.17, 15) is 0 Å². The van der Waals surface area contributed by atoms with Crippen LogP contribution in [-0.4, -0.2) is 44.7 Å². The summed E-state index contributed by atoms with van der Waals surface area (Å²) in [4.78, 5) is 0. The third-order valence-corrected chi connectivity index (χ3v) is 3.82. The van der Waals surface area contributed by atoms with Crippen molar-refractivity contribution < 1.29 is 23.4 Å². The lowest BCUT2D eigenvalue weighted by Gasteiger charge is -2.20. The Hall–Kier alpha value is -2.12.